The number of anilines is 4. The summed E-state index contributed by atoms with van der Waals surface area (Å²) < 4.78 is 191. The van der Waals surface area contributed by atoms with Gasteiger partial charge in [-0.25, -0.2) is 37.9 Å². The van der Waals surface area contributed by atoms with Crippen LogP contribution >= 0.6 is 15.9 Å². The summed E-state index contributed by atoms with van der Waals surface area (Å²) in [5.74, 6) is 2.25. The average Bonchev–Trinajstić information content (AvgIpc) is 0.808. The zero-order valence-corrected chi connectivity index (χ0v) is 65.7. The monoisotopic (exact) mass is 1680 g/mol. The molecule has 0 radical (unpaired) electrons. The first-order chi connectivity index (χ1) is 46.3. The van der Waals surface area contributed by atoms with Crippen molar-refractivity contribution < 1.29 is 167 Å². The van der Waals surface area contributed by atoms with E-state index in [0.717, 1.165) is 47.1 Å². The number of hydrogen-bond donors (Lipinski definition) is 4. The Labute approximate surface area is 630 Å². The van der Waals surface area contributed by atoms with E-state index in [1.807, 2.05) is 98.1 Å². The normalized spacial score (nSPS) is 13.0. The van der Waals surface area contributed by atoms with Crippen molar-refractivity contribution in [2.45, 2.75) is 122 Å². The van der Waals surface area contributed by atoms with Crippen LogP contribution in [0.1, 0.15) is 75.9 Å². The van der Waals surface area contributed by atoms with E-state index in [0.29, 0.717) is 97.8 Å². The van der Waals surface area contributed by atoms with Gasteiger partial charge in [-0.3, -0.25) is 4.21 Å². The van der Waals surface area contributed by atoms with Crippen molar-refractivity contribution in [2.75, 3.05) is 90.7 Å². The number of nitrogens with zero attached hydrogens (tertiary/aromatic N) is 8. The minimum atomic E-state index is -5.08. The number of nitrogens with one attached hydrogen (secondary N) is 4. The number of carbonyl (C=O) groups is 2. The minimum Gasteiger partial charge on any atom is -0.0623 e. The summed E-state index contributed by atoms with van der Waals surface area (Å²) in [4.78, 5) is 53.3. The summed E-state index contributed by atoms with van der Waals surface area (Å²) in [6.07, 6.45) is 6.46. The molecule has 0 saturated carbocycles. The molecule has 0 bridgehead atoms. The van der Waals surface area contributed by atoms with Gasteiger partial charge in [0.05, 0.1) is 49.2 Å². The fourth-order valence-corrected chi connectivity index (χ4v) is 8.93. The molecule has 4 N–H and O–H groups in total. The van der Waals surface area contributed by atoms with E-state index in [4.69, 9.17) is 61.7 Å². The second-order valence-corrected chi connectivity index (χ2v) is 25.6. The van der Waals surface area contributed by atoms with Gasteiger partial charge in [0.1, 0.15) is 29.5 Å². The number of ether oxygens (including phenoxy) is 6. The first kappa shape index (κ1) is 98.8. The number of aromatic nitrogens is 6. The van der Waals surface area contributed by atoms with Gasteiger partial charge >= 0.3 is 92.3 Å². The van der Waals surface area contributed by atoms with Crippen LogP contribution in [0.25, 0.3) is 0 Å². The number of halogens is 7. The number of likely N-dealkylation sites (tertiary alicyclic amines) is 2. The number of pyridine rings is 2. The molecule has 2 aliphatic rings. The third-order valence-electron chi connectivity index (χ3n) is 11.9. The molecule has 44 heteroatoms. The first-order valence-corrected chi connectivity index (χ1v) is 35.6. The minimum absolute atomic E-state index is 0. The standard InChI is InChI=1S/C22H31N5O6S.C21H28BrN5O4.C6H6.C4H12N2.2CF3O2S.CH4O2S.2Cu.Na.2O/c1-13(2)32-22(28)27-9-7-16(8-10-27)33-21-19(31-5)20(23-12-24-21)26-18-14(3)11-17(25-15(18)4)34(6,29)30;1-12(2)30-21(28)27-8-6-15(7-9-27)31-20-18(29-5)19(23-11-24-20)26-17-13(3)10-16(22)25-14(17)4;1-2-4-6-5-3-1;1-5-3-4-6-2;2*2-1(3,4)7(5)6;1-4(2)3;;;;;/h11-13,16H,7-10H2,1-6H3,(H,23,24,26);10-12,15H,6-9H2,1-5H3,(H,23,24,26);1-6H;5-6H,3-4H2,1-2H3;;;1H3,(H,2,3);;;;;/q;;;;2*-1;;;;+1;;/p-1. The summed E-state index contributed by atoms with van der Waals surface area (Å²) in [7, 11) is -4.36. The van der Waals surface area contributed by atoms with Crippen LogP contribution in [0.3, 0.4) is 0 Å². The van der Waals surface area contributed by atoms with E-state index >= 15 is 0 Å². The molecular weight excluding hydrogens is 1600 g/mol. The maximum absolute atomic E-state index is 12.1. The molecule has 1 atom stereocenters. The van der Waals surface area contributed by atoms with Gasteiger partial charge in [-0.2, -0.15) is 36.3 Å². The number of carbonyl (C=O) groups excluding carboxylic acids is 2. The smallest absolute Gasteiger partial charge is 0.0623 e. The maximum Gasteiger partial charge on any atom is -0.0623 e. The van der Waals surface area contributed by atoms with Crippen LogP contribution in [-0.2, 0) is 108 Å². The third-order valence-corrected chi connectivity index (χ3v) is 14.0. The van der Waals surface area contributed by atoms with Crippen molar-refractivity contribution in [3.05, 3.63) is 88.3 Å². The second kappa shape index (κ2) is 52.5. The molecule has 4 aromatic heterocycles. The Balaban J connectivity index is -0.00000128. The molecule has 2 amide bonds. The Morgan fingerprint density at radius 3 is 1.20 bits per heavy atom. The molecule has 1 aromatic carbocycles. The quantitative estimate of drug-likeness (QED) is 0.0206. The Bertz CT molecular complexity index is 3400. The summed E-state index contributed by atoms with van der Waals surface area (Å²) in [5.41, 5.74) is -5.66. The van der Waals surface area contributed by atoms with Gasteiger partial charge in [0.25, 0.3) is 11.8 Å². The van der Waals surface area contributed by atoms with E-state index < -0.39 is 53.3 Å². The molecular formula is C56H80BrCu2F6N12NaO18S4-2. The van der Waals surface area contributed by atoms with Crippen LogP contribution in [0.15, 0.2) is 70.8 Å². The van der Waals surface area contributed by atoms with Crippen LogP contribution in [0, 0.1) is 27.7 Å². The van der Waals surface area contributed by atoms with E-state index in [1.165, 1.54) is 25.8 Å². The molecule has 6 heterocycles. The van der Waals surface area contributed by atoms with Gasteiger partial charge in [0, 0.05) is 92.6 Å². The van der Waals surface area contributed by atoms with Crippen LogP contribution < -0.4 is 69.8 Å². The third kappa shape index (κ3) is 41.0. The molecule has 2 saturated heterocycles. The fraction of sp³-hybridized carbons (Fsp3) is 0.536. The van der Waals surface area contributed by atoms with Gasteiger partial charge in [-0.05, 0) is 115 Å². The van der Waals surface area contributed by atoms with Crippen LogP contribution in [0.4, 0.5) is 58.9 Å². The maximum atomic E-state index is 12.1. The van der Waals surface area contributed by atoms with Crippen molar-refractivity contribution in [1.29, 1.82) is 0 Å². The van der Waals surface area contributed by atoms with Crippen LogP contribution in [-0.4, -0.2) is 185 Å². The van der Waals surface area contributed by atoms with Crippen molar-refractivity contribution in [1.82, 2.24) is 50.3 Å². The zero-order valence-electron chi connectivity index (χ0n) is 57.0. The number of rotatable bonds is 16. The Morgan fingerprint density at radius 2 is 0.950 bits per heavy atom. The zero-order chi connectivity index (χ0) is 76.4. The second-order valence-electron chi connectivity index (χ2n) is 20.2. The topological polar surface area (TPSA) is 398 Å². The first-order valence-electron chi connectivity index (χ1n) is 28.6. The molecule has 0 spiro atoms. The molecule has 7 rings (SSSR count). The number of sulfone groups is 1. The molecule has 0 aliphatic carbocycles. The molecule has 30 nitrogen and oxygen atoms in total. The molecule has 5 aromatic rings. The van der Waals surface area contributed by atoms with Gasteiger partial charge in [-0.1, -0.05) is 47.5 Å². The van der Waals surface area contributed by atoms with Crippen LogP contribution in [0.5, 0.6) is 23.3 Å². The average molecular weight is 1680 g/mol. The van der Waals surface area contributed by atoms with E-state index in [2.05, 4.69) is 99.0 Å². The summed E-state index contributed by atoms with van der Waals surface area (Å²) in [5, 5.41) is 12.5. The predicted octanol–water partition coefficient (Wildman–Crippen LogP) is 6.42. The number of amides is 2. The Hall–Kier alpha value is -5.40. The number of alkyl halides is 6. The van der Waals surface area contributed by atoms with Crippen LogP contribution in [0.2, 0.25) is 0 Å². The number of piperidine rings is 2. The van der Waals surface area contributed by atoms with E-state index in [-0.39, 0.29) is 77.1 Å². The largest absolute Gasteiger partial charge is 0.0623 e. The summed E-state index contributed by atoms with van der Waals surface area (Å²) in [6, 6.07) is 15.4. The van der Waals surface area contributed by atoms with Gasteiger partial charge < -0.3 is 80.9 Å². The molecule has 2 fully saturated rings. The number of aryl methyl sites for hydroxylation is 4. The number of hydrogen-bond acceptors (Lipinski definition) is 30. The number of methoxy groups -OCH3 is 2. The SMILES string of the molecule is CNCCNC.COc1c(Nc2c(C)cc(Br)nc2C)ncnc1OC1CCN(C(=O)OC(C)C)CC1.COc1c(Nc2c(C)cc(S(C)(=O)=O)nc2C)ncnc1OC1CCN(C(=O)OC(C)C)CC1.CS(=O)[O-].O=[S-](=O)C(F)(F)F.O=[S-](=O)C(F)(F)F.[Na+].[O]=[Cu].[O]=[Cu].c1ccccc1. The summed E-state index contributed by atoms with van der Waals surface area (Å²) in [6.45, 7) is 19.0. The van der Waals surface area contributed by atoms with Gasteiger partial charge in [0.2, 0.25) is 11.5 Å². The van der Waals surface area contributed by atoms with Gasteiger partial charge in [0.15, 0.2) is 26.5 Å². The van der Waals surface area contributed by atoms with Crippen molar-refractivity contribution in [3.63, 3.8) is 0 Å². The number of likely N-dealkylation sites (N-methyl/N-ethyl adjacent to an activating group) is 2. The van der Waals surface area contributed by atoms with E-state index in [1.54, 1.807) is 30.8 Å². The fourth-order valence-electron chi connectivity index (χ4n) is 7.63. The Kier molecular flexibility index (Phi) is 51.9. The number of benzene rings is 1. The van der Waals surface area contributed by atoms with E-state index in [9.17, 15) is 44.3 Å². The molecule has 2 aliphatic heterocycles. The Morgan fingerprint density at radius 1 is 0.650 bits per heavy atom. The van der Waals surface area contributed by atoms with Crippen molar-refractivity contribution in [2.24, 2.45) is 0 Å². The molecule has 100 heavy (non-hydrogen) atoms. The van der Waals surface area contributed by atoms with Crippen molar-refractivity contribution in [3.8, 4) is 23.3 Å². The summed E-state index contributed by atoms with van der Waals surface area (Å²) >= 11 is 7.42. The predicted molar refractivity (Wildman–Crippen MR) is 346 cm³/mol. The van der Waals surface area contributed by atoms with Crippen molar-refractivity contribution >= 4 is 93.5 Å². The van der Waals surface area contributed by atoms with Gasteiger partial charge in [-0.15, -0.1) is 0 Å². The molecule has 570 valence electrons. The molecule has 1 unspecified atom stereocenters.